The average Bonchev–Trinajstić information content (AvgIpc) is 2.48. The van der Waals surface area contributed by atoms with Crippen LogP contribution in [0.4, 0.5) is 5.69 Å². The number of hydrogen-bond acceptors (Lipinski definition) is 2. The van der Waals surface area contributed by atoms with Gasteiger partial charge in [0.15, 0.2) is 0 Å². The molecule has 0 atom stereocenters. The number of nitrogens with two attached hydrogens (primary N) is 1. The highest BCUT2D eigenvalue weighted by molar-refractivity contribution is 5.76. The summed E-state index contributed by atoms with van der Waals surface area (Å²) in [5.41, 5.74) is 11.2. The number of nitrogen functional groups attached to an aromatic ring is 1. The van der Waals surface area contributed by atoms with Gasteiger partial charge in [0, 0.05) is 23.6 Å². The average molecular weight is 246 g/mol. The molecule has 2 heteroatoms. The van der Waals surface area contributed by atoms with E-state index in [2.05, 4.69) is 23.2 Å². The fourth-order valence-electron chi connectivity index (χ4n) is 2.15. The summed E-state index contributed by atoms with van der Waals surface area (Å²) in [6.07, 6.45) is 3.62. The first-order valence-electron chi connectivity index (χ1n) is 6.19. The molecule has 0 aliphatic carbocycles. The molecule has 0 radical (unpaired) electrons. The maximum atomic E-state index is 6.01. The standard InChI is InChI=1S/C17H14N2/c18-17-10-15(13-5-2-1-3-6-13)9-16(11-17)14-7-4-8-19-12-14/h1-12H,18H2. The number of anilines is 1. The number of rotatable bonds is 2. The Morgan fingerprint density at radius 1 is 0.684 bits per heavy atom. The third-order valence-electron chi connectivity index (χ3n) is 3.06. The van der Waals surface area contributed by atoms with Crippen molar-refractivity contribution in [3.63, 3.8) is 0 Å². The minimum absolute atomic E-state index is 0.764. The summed E-state index contributed by atoms with van der Waals surface area (Å²) in [7, 11) is 0. The second-order valence-electron chi connectivity index (χ2n) is 4.45. The van der Waals surface area contributed by atoms with Crippen molar-refractivity contribution in [2.45, 2.75) is 0 Å². The minimum atomic E-state index is 0.764. The van der Waals surface area contributed by atoms with Gasteiger partial charge in [-0.05, 0) is 41.0 Å². The van der Waals surface area contributed by atoms with E-state index in [1.54, 1.807) is 6.20 Å². The molecule has 92 valence electrons. The molecule has 0 saturated carbocycles. The molecule has 3 aromatic rings. The van der Waals surface area contributed by atoms with Crippen LogP contribution in [0.3, 0.4) is 0 Å². The van der Waals surface area contributed by atoms with Gasteiger partial charge in [-0.2, -0.15) is 0 Å². The third kappa shape index (κ3) is 2.47. The Morgan fingerprint density at radius 2 is 1.37 bits per heavy atom. The topological polar surface area (TPSA) is 38.9 Å². The minimum Gasteiger partial charge on any atom is -0.399 e. The molecule has 0 unspecified atom stereocenters. The van der Waals surface area contributed by atoms with Gasteiger partial charge in [-0.25, -0.2) is 0 Å². The summed E-state index contributed by atoms with van der Waals surface area (Å²) < 4.78 is 0. The van der Waals surface area contributed by atoms with Gasteiger partial charge in [0.25, 0.3) is 0 Å². The quantitative estimate of drug-likeness (QED) is 0.694. The van der Waals surface area contributed by atoms with E-state index in [4.69, 9.17) is 5.73 Å². The predicted molar refractivity (Wildman–Crippen MR) is 79.5 cm³/mol. The molecule has 0 spiro atoms. The second-order valence-corrected chi connectivity index (χ2v) is 4.45. The molecule has 0 aliphatic heterocycles. The molecule has 19 heavy (non-hydrogen) atoms. The molecule has 3 rings (SSSR count). The largest absolute Gasteiger partial charge is 0.399 e. The maximum absolute atomic E-state index is 6.01. The summed E-state index contributed by atoms with van der Waals surface area (Å²) in [5.74, 6) is 0. The van der Waals surface area contributed by atoms with Crippen molar-refractivity contribution in [1.29, 1.82) is 0 Å². The van der Waals surface area contributed by atoms with Crippen molar-refractivity contribution in [2.24, 2.45) is 0 Å². The Kier molecular flexibility index (Phi) is 2.99. The third-order valence-corrected chi connectivity index (χ3v) is 3.06. The summed E-state index contributed by atoms with van der Waals surface area (Å²) in [5, 5.41) is 0. The summed E-state index contributed by atoms with van der Waals surface area (Å²) in [6.45, 7) is 0. The highest BCUT2D eigenvalue weighted by Crippen LogP contribution is 2.28. The van der Waals surface area contributed by atoms with Crippen LogP contribution in [0.25, 0.3) is 22.3 Å². The zero-order valence-corrected chi connectivity index (χ0v) is 10.5. The first kappa shape index (κ1) is 11.5. The van der Waals surface area contributed by atoms with Gasteiger partial charge in [-0.15, -0.1) is 0 Å². The molecule has 1 heterocycles. The van der Waals surface area contributed by atoms with Crippen molar-refractivity contribution < 1.29 is 0 Å². The first-order valence-corrected chi connectivity index (χ1v) is 6.19. The molecule has 0 aliphatic rings. The predicted octanol–water partition coefficient (Wildman–Crippen LogP) is 4.00. The van der Waals surface area contributed by atoms with Gasteiger partial charge < -0.3 is 5.73 Å². The highest BCUT2D eigenvalue weighted by Gasteiger charge is 2.03. The summed E-state index contributed by atoms with van der Waals surface area (Å²) >= 11 is 0. The molecule has 2 nitrogen and oxygen atoms in total. The number of hydrogen-bond donors (Lipinski definition) is 1. The van der Waals surface area contributed by atoms with Crippen LogP contribution in [0, 0.1) is 0 Å². The maximum Gasteiger partial charge on any atom is 0.0346 e. The van der Waals surface area contributed by atoms with Gasteiger partial charge in [0.1, 0.15) is 0 Å². The fraction of sp³-hybridized carbons (Fsp3) is 0. The van der Waals surface area contributed by atoms with Crippen LogP contribution in [0.5, 0.6) is 0 Å². The van der Waals surface area contributed by atoms with Crippen LogP contribution < -0.4 is 5.73 Å². The Morgan fingerprint density at radius 3 is 2.05 bits per heavy atom. The zero-order chi connectivity index (χ0) is 13.1. The number of benzene rings is 2. The number of nitrogens with zero attached hydrogens (tertiary/aromatic N) is 1. The molecule has 0 bridgehead atoms. The van der Waals surface area contributed by atoms with E-state index in [0.29, 0.717) is 0 Å². The van der Waals surface area contributed by atoms with Gasteiger partial charge in [0.2, 0.25) is 0 Å². The summed E-state index contributed by atoms with van der Waals surface area (Å²) in [4.78, 5) is 4.15. The lowest BCUT2D eigenvalue weighted by molar-refractivity contribution is 1.33. The molecule has 0 saturated heterocycles. The van der Waals surface area contributed by atoms with Crippen LogP contribution in [0.2, 0.25) is 0 Å². The van der Waals surface area contributed by atoms with Crippen molar-refractivity contribution in [2.75, 3.05) is 5.73 Å². The lowest BCUT2D eigenvalue weighted by Crippen LogP contribution is -1.89. The van der Waals surface area contributed by atoms with Crippen molar-refractivity contribution in [1.82, 2.24) is 4.98 Å². The lowest BCUT2D eigenvalue weighted by atomic mass is 9.99. The van der Waals surface area contributed by atoms with Crippen LogP contribution in [0.1, 0.15) is 0 Å². The molecule has 2 aromatic carbocycles. The van der Waals surface area contributed by atoms with Gasteiger partial charge >= 0.3 is 0 Å². The molecule has 1 aromatic heterocycles. The van der Waals surface area contributed by atoms with Crippen molar-refractivity contribution >= 4 is 5.69 Å². The van der Waals surface area contributed by atoms with E-state index < -0.39 is 0 Å². The Labute approximate surface area is 112 Å². The van der Waals surface area contributed by atoms with E-state index in [1.165, 1.54) is 5.56 Å². The highest BCUT2D eigenvalue weighted by atomic mass is 14.6. The Hall–Kier alpha value is -2.61. The van der Waals surface area contributed by atoms with E-state index in [-0.39, 0.29) is 0 Å². The fourth-order valence-corrected chi connectivity index (χ4v) is 2.15. The number of pyridine rings is 1. The molecular formula is C17H14N2. The van der Waals surface area contributed by atoms with Gasteiger partial charge in [0.05, 0.1) is 0 Å². The Balaban J connectivity index is 2.12. The lowest BCUT2D eigenvalue weighted by Gasteiger charge is -2.08. The number of aromatic nitrogens is 1. The van der Waals surface area contributed by atoms with E-state index in [1.807, 2.05) is 48.7 Å². The van der Waals surface area contributed by atoms with Gasteiger partial charge in [-0.3, -0.25) is 4.98 Å². The molecule has 2 N–H and O–H groups in total. The SMILES string of the molecule is Nc1cc(-c2ccccc2)cc(-c2cccnc2)c1. The van der Waals surface area contributed by atoms with Crippen molar-refractivity contribution in [3.8, 4) is 22.3 Å². The van der Waals surface area contributed by atoms with E-state index in [9.17, 15) is 0 Å². The second kappa shape index (κ2) is 4.94. The van der Waals surface area contributed by atoms with Gasteiger partial charge in [-0.1, -0.05) is 36.4 Å². The summed E-state index contributed by atoms with van der Waals surface area (Å²) in [6, 6.07) is 20.3. The first-order chi connectivity index (χ1) is 9.33. The van der Waals surface area contributed by atoms with E-state index in [0.717, 1.165) is 22.4 Å². The monoisotopic (exact) mass is 246 g/mol. The van der Waals surface area contributed by atoms with Crippen LogP contribution in [-0.2, 0) is 0 Å². The van der Waals surface area contributed by atoms with E-state index >= 15 is 0 Å². The van der Waals surface area contributed by atoms with Crippen LogP contribution in [-0.4, -0.2) is 4.98 Å². The van der Waals surface area contributed by atoms with Crippen molar-refractivity contribution in [3.05, 3.63) is 73.1 Å². The normalized spacial score (nSPS) is 10.3. The smallest absolute Gasteiger partial charge is 0.0346 e. The zero-order valence-electron chi connectivity index (χ0n) is 10.5. The molecule has 0 amide bonds. The van der Waals surface area contributed by atoms with Crippen LogP contribution in [0.15, 0.2) is 73.1 Å². The molecular weight excluding hydrogens is 232 g/mol. The molecule has 0 fully saturated rings. The van der Waals surface area contributed by atoms with Crippen LogP contribution >= 0.6 is 0 Å². The Bertz CT molecular complexity index is 618.